The lowest BCUT2D eigenvalue weighted by atomic mass is 9.93. The lowest BCUT2D eigenvalue weighted by Gasteiger charge is -2.10. The molecular formula is C15H15F2N3O. The van der Waals surface area contributed by atoms with Gasteiger partial charge in [0, 0.05) is 24.2 Å². The number of aromatic nitrogens is 2. The normalized spacial score (nSPS) is 18.5. The first-order chi connectivity index (χ1) is 9.95. The number of hydrogen-bond donors (Lipinski definition) is 1. The first-order valence-corrected chi connectivity index (χ1v) is 6.78. The predicted octanol–water partition coefficient (Wildman–Crippen LogP) is 2.29. The summed E-state index contributed by atoms with van der Waals surface area (Å²) in [4.78, 5) is 11.2. The van der Waals surface area contributed by atoms with Crippen LogP contribution in [0, 0.1) is 11.6 Å². The average Bonchev–Trinajstić information content (AvgIpc) is 2.95. The molecule has 2 atom stereocenters. The Labute approximate surface area is 120 Å². The monoisotopic (exact) mass is 291 g/mol. The largest absolute Gasteiger partial charge is 0.369 e. The van der Waals surface area contributed by atoms with Crippen molar-refractivity contribution in [3.63, 3.8) is 0 Å². The molecule has 4 nitrogen and oxygen atoms in total. The molecule has 1 amide bonds. The van der Waals surface area contributed by atoms with Gasteiger partial charge in [-0.05, 0) is 37.1 Å². The van der Waals surface area contributed by atoms with Crippen molar-refractivity contribution in [2.75, 3.05) is 0 Å². The summed E-state index contributed by atoms with van der Waals surface area (Å²) in [7, 11) is 0. The molecule has 2 aromatic rings. The highest BCUT2D eigenvalue weighted by Crippen LogP contribution is 2.36. The van der Waals surface area contributed by atoms with Crippen LogP contribution in [0.4, 0.5) is 8.78 Å². The quantitative estimate of drug-likeness (QED) is 0.943. The molecule has 3 rings (SSSR count). The maximum absolute atomic E-state index is 13.4. The van der Waals surface area contributed by atoms with Gasteiger partial charge in [-0.2, -0.15) is 5.10 Å². The second-order valence-electron chi connectivity index (χ2n) is 5.39. The van der Waals surface area contributed by atoms with Gasteiger partial charge in [0.15, 0.2) is 0 Å². The number of hydrogen-bond acceptors (Lipinski definition) is 2. The van der Waals surface area contributed by atoms with Crippen LogP contribution in [0.5, 0.6) is 0 Å². The lowest BCUT2D eigenvalue weighted by Crippen LogP contribution is -2.19. The van der Waals surface area contributed by atoms with Crippen LogP contribution in [0.2, 0.25) is 0 Å². The van der Waals surface area contributed by atoms with Gasteiger partial charge in [0.25, 0.3) is 0 Å². The number of benzene rings is 1. The molecule has 110 valence electrons. The van der Waals surface area contributed by atoms with E-state index in [1.807, 2.05) is 0 Å². The van der Waals surface area contributed by atoms with Crippen molar-refractivity contribution in [3.8, 4) is 0 Å². The predicted molar refractivity (Wildman–Crippen MR) is 72.7 cm³/mol. The van der Waals surface area contributed by atoms with Crippen molar-refractivity contribution < 1.29 is 13.6 Å². The highest BCUT2D eigenvalue weighted by atomic mass is 19.1. The van der Waals surface area contributed by atoms with Crippen LogP contribution in [0.3, 0.4) is 0 Å². The number of fused-ring (bicyclic) bond motifs is 1. The number of carbonyl (C=O) groups is 1. The summed E-state index contributed by atoms with van der Waals surface area (Å²) >= 11 is 0. The molecule has 0 fully saturated rings. The van der Waals surface area contributed by atoms with Gasteiger partial charge in [-0.1, -0.05) is 0 Å². The smallest absolute Gasteiger partial charge is 0.226 e. The van der Waals surface area contributed by atoms with Crippen LogP contribution in [0.15, 0.2) is 24.3 Å². The zero-order valence-corrected chi connectivity index (χ0v) is 11.5. The molecule has 6 heteroatoms. The minimum absolute atomic E-state index is 0.114. The van der Waals surface area contributed by atoms with E-state index in [2.05, 4.69) is 5.10 Å². The maximum Gasteiger partial charge on any atom is 0.226 e. The SMILES string of the molecule is CC(C(N)=O)c1cc2n(n1)CC[C@@H]2c1cc(F)cc(F)c1. The fraction of sp³-hybridized carbons (Fsp3) is 0.333. The molecule has 1 aromatic heterocycles. The van der Waals surface area contributed by atoms with Crippen molar-refractivity contribution in [2.45, 2.75) is 31.7 Å². The van der Waals surface area contributed by atoms with Crippen molar-refractivity contribution in [3.05, 3.63) is 52.9 Å². The third-order valence-electron chi connectivity index (χ3n) is 3.97. The standard InChI is InChI=1S/C15H15F2N3O/c1-8(15(18)21)13-7-14-12(2-3-20(14)19-13)9-4-10(16)6-11(17)5-9/h4-8,12H,2-3H2,1H3,(H2,18,21)/t8?,12-/m1/s1. The molecule has 0 spiro atoms. The third kappa shape index (κ3) is 2.41. The molecule has 2 N–H and O–H groups in total. The van der Waals surface area contributed by atoms with Gasteiger partial charge in [0.1, 0.15) is 11.6 Å². The van der Waals surface area contributed by atoms with E-state index in [1.54, 1.807) is 17.7 Å². The van der Waals surface area contributed by atoms with Crippen molar-refractivity contribution in [1.29, 1.82) is 0 Å². The number of amides is 1. The first kappa shape index (κ1) is 13.7. The second kappa shape index (κ2) is 4.95. The topological polar surface area (TPSA) is 60.9 Å². The molecule has 0 radical (unpaired) electrons. The molecule has 1 aromatic carbocycles. The Morgan fingerprint density at radius 1 is 1.33 bits per heavy atom. The Morgan fingerprint density at radius 2 is 2.00 bits per heavy atom. The summed E-state index contributed by atoms with van der Waals surface area (Å²) in [6.07, 6.45) is 0.733. The first-order valence-electron chi connectivity index (χ1n) is 6.78. The van der Waals surface area contributed by atoms with E-state index in [4.69, 9.17) is 5.73 Å². The van der Waals surface area contributed by atoms with E-state index in [1.165, 1.54) is 12.1 Å². The number of primary amides is 1. The highest BCUT2D eigenvalue weighted by Gasteiger charge is 2.29. The van der Waals surface area contributed by atoms with Gasteiger partial charge in [-0.25, -0.2) is 8.78 Å². The van der Waals surface area contributed by atoms with Gasteiger partial charge in [0.2, 0.25) is 5.91 Å². The van der Waals surface area contributed by atoms with Gasteiger partial charge in [0.05, 0.1) is 11.6 Å². The zero-order valence-electron chi connectivity index (χ0n) is 11.5. The van der Waals surface area contributed by atoms with Crippen LogP contribution in [-0.4, -0.2) is 15.7 Å². The van der Waals surface area contributed by atoms with Crippen molar-refractivity contribution in [1.82, 2.24) is 9.78 Å². The molecule has 21 heavy (non-hydrogen) atoms. The molecule has 0 saturated heterocycles. The van der Waals surface area contributed by atoms with E-state index < -0.39 is 23.5 Å². The fourth-order valence-corrected chi connectivity index (χ4v) is 2.78. The molecule has 0 aliphatic carbocycles. The fourth-order valence-electron chi connectivity index (χ4n) is 2.78. The van der Waals surface area contributed by atoms with Crippen LogP contribution in [-0.2, 0) is 11.3 Å². The molecule has 1 aliphatic heterocycles. The second-order valence-corrected chi connectivity index (χ2v) is 5.39. The van der Waals surface area contributed by atoms with Gasteiger partial charge in [-0.15, -0.1) is 0 Å². The Kier molecular flexibility index (Phi) is 3.23. The molecule has 2 heterocycles. The van der Waals surface area contributed by atoms with E-state index >= 15 is 0 Å². The zero-order chi connectivity index (χ0) is 15.1. The molecule has 0 bridgehead atoms. The molecule has 1 unspecified atom stereocenters. The van der Waals surface area contributed by atoms with Crippen LogP contribution in [0.25, 0.3) is 0 Å². The Balaban J connectivity index is 1.98. The number of nitrogens with two attached hydrogens (primary N) is 1. The number of rotatable bonds is 3. The summed E-state index contributed by atoms with van der Waals surface area (Å²) in [5.74, 6) is -2.22. The molecule has 0 saturated carbocycles. The minimum Gasteiger partial charge on any atom is -0.369 e. The Morgan fingerprint density at radius 3 is 2.62 bits per heavy atom. The summed E-state index contributed by atoms with van der Waals surface area (Å²) in [6.45, 7) is 2.35. The van der Waals surface area contributed by atoms with Crippen molar-refractivity contribution >= 4 is 5.91 Å². The lowest BCUT2D eigenvalue weighted by molar-refractivity contribution is -0.119. The maximum atomic E-state index is 13.4. The number of aryl methyl sites for hydroxylation is 1. The van der Waals surface area contributed by atoms with Crippen LogP contribution in [0.1, 0.15) is 42.1 Å². The summed E-state index contributed by atoms with van der Waals surface area (Å²) in [5, 5.41) is 4.36. The highest BCUT2D eigenvalue weighted by molar-refractivity contribution is 5.80. The number of carbonyl (C=O) groups excluding carboxylic acids is 1. The van der Waals surface area contributed by atoms with E-state index in [-0.39, 0.29) is 5.92 Å². The van der Waals surface area contributed by atoms with Crippen molar-refractivity contribution in [2.24, 2.45) is 5.73 Å². The van der Waals surface area contributed by atoms with Crippen LogP contribution < -0.4 is 5.73 Å². The van der Waals surface area contributed by atoms with Gasteiger partial charge in [-0.3, -0.25) is 9.48 Å². The Hall–Kier alpha value is -2.24. The van der Waals surface area contributed by atoms with Gasteiger partial charge >= 0.3 is 0 Å². The van der Waals surface area contributed by atoms with Crippen LogP contribution >= 0.6 is 0 Å². The average molecular weight is 291 g/mol. The summed E-state index contributed by atoms with van der Waals surface area (Å²) < 4.78 is 28.5. The number of nitrogens with zero attached hydrogens (tertiary/aromatic N) is 2. The summed E-state index contributed by atoms with van der Waals surface area (Å²) in [6, 6.07) is 5.34. The van der Waals surface area contributed by atoms with E-state index in [0.29, 0.717) is 17.8 Å². The number of halogens is 2. The van der Waals surface area contributed by atoms with Gasteiger partial charge < -0.3 is 5.73 Å². The van der Waals surface area contributed by atoms with E-state index in [0.717, 1.165) is 18.2 Å². The minimum atomic E-state index is -0.589. The summed E-state index contributed by atoms with van der Waals surface area (Å²) in [5.41, 5.74) is 7.33. The molecular weight excluding hydrogens is 276 g/mol. The third-order valence-corrected chi connectivity index (χ3v) is 3.97. The van der Waals surface area contributed by atoms with E-state index in [9.17, 15) is 13.6 Å². The Bertz CT molecular complexity index is 691. The molecule has 1 aliphatic rings.